The summed E-state index contributed by atoms with van der Waals surface area (Å²) in [6, 6.07) is 4.38. The molecule has 94 valence electrons. The highest BCUT2D eigenvalue weighted by Gasteiger charge is 2.12. The van der Waals surface area contributed by atoms with Crippen molar-refractivity contribution in [1.29, 1.82) is 0 Å². The van der Waals surface area contributed by atoms with Gasteiger partial charge in [0.15, 0.2) is 0 Å². The van der Waals surface area contributed by atoms with Gasteiger partial charge in [-0.25, -0.2) is 4.39 Å². The number of benzene rings is 1. The zero-order valence-electron chi connectivity index (χ0n) is 9.83. The van der Waals surface area contributed by atoms with Gasteiger partial charge in [-0.15, -0.1) is 6.58 Å². The summed E-state index contributed by atoms with van der Waals surface area (Å²) in [5.41, 5.74) is 0.332. The molecule has 1 N–H and O–H groups in total. The topological polar surface area (TPSA) is 20.2 Å². The lowest BCUT2D eigenvalue weighted by Gasteiger charge is -2.11. The average Bonchev–Trinajstić information content (AvgIpc) is 2.28. The van der Waals surface area contributed by atoms with Crippen molar-refractivity contribution in [2.75, 3.05) is 0 Å². The van der Waals surface area contributed by atoms with Gasteiger partial charge in [-0.2, -0.15) is 0 Å². The fraction of sp³-hybridized carbons (Fsp3) is 0.429. The molecule has 0 heterocycles. The van der Waals surface area contributed by atoms with E-state index in [1.807, 2.05) is 6.08 Å². The third-order valence-corrected chi connectivity index (χ3v) is 2.94. The first kappa shape index (κ1) is 14.2. The number of allylic oxidation sites excluding steroid dienone is 1. The molecule has 0 saturated heterocycles. The lowest BCUT2D eigenvalue weighted by Crippen LogP contribution is -2.00. The van der Waals surface area contributed by atoms with Crippen molar-refractivity contribution < 1.29 is 9.50 Å². The molecule has 3 heteroatoms. The van der Waals surface area contributed by atoms with E-state index in [4.69, 9.17) is 11.6 Å². The summed E-state index contributed by atoms with van der Waals surface area (Å²) >= 11 is 5.65. The Morgan fingerprint density at radius 1 is 1.35 bits per heavy atom. The van der Waals surface area contributed by atoms with Crippen LogP contribution in [-0.4, -0.2) is 5.11 Å². The molecule has 0 aliphatic heterocycles. The fourth-order valence-electron chi connectivity index (χ4n) is 1.73. The molecule has 1 aromatic rings. The molecular formula is C14H18ClFO. The molecule has 1 nitrogen and oxygen atoms in total. The van der Waals surface area contributed by atoms with E-state index in [-0.39, 0.29) is 0 Å². The number of halogens is 2. The molecule has 0 amide bonds. The Bertz CT molecular complexity index is 365. The molecule has 0 radical (unpaired) electrons. The fourth-order valence-corrected chi connectivity index (χ4v) is 1.89. The summed E-state index contributed by atoms with van der Waals surface area (Å²) in [6.45, 7) is 3.65. The summed E-state index contributed by atoms with van der Waals surface area (Å²) < 4.78 is 13.5. The maximum absolute atomic E-state index is 13.5. The number of aliphatic hydroxyl groups is 1. The van der Waals surface area contributed by atoms with Gasteiger partial charge in [-0.1, -0.05) is 36.6 Å². The summed E-state index contributed by atoms with van der Waals surface area (Å²) in [7, 11) is 0. The Kier molecular flexibility index (Phi) is 6.23. The second kappa shape index (κ2) is 7.46. The zero-order chi connectivity index (χ0) is 12.7. The number of aliphatic hydroxyl groups excluding tert-OH is 1. The van der Waals surface area contributed by atoms with Gasteiger partial charge in [-0.3, -0.25) is 0 Å². The van der Waals surface area contributed by atoms with Crippen LogP contribution in [0.25, 0.3) is 0 Å². The van der Waals surface area contributed by atoms with Crippen molar-refractivity contribution in [3.05, 3.63) is 47.3 Å². The van der Waals surface area contributed by atoms with Gasteiger partial charge in [0.05, 0.1) is 6.10 Å². The van der Waals surface area contributed by atoms with Crippen molar-refractivity contribution in [1.82, 2.24) is 0 Å². The lowest BCUT2D eigenvalue weighted by atomic mass is 10.0. The van der Waals surface area contributed by atoms with Crippen molar-refractivity contribution in [3.8, 4) is 0 Å². The molecule has 0 aliphatic rings. The van der Waals surface area contributed by atoms with Gasteiger partial charge in [0.25, 0.3) is 0 Å². The summed E-state index contributed by atoms with van der Waals surface area (Å²) in [5.74, 6) is -0.434. The van der Waals surface area contributed by atoms with E-state index in [0.29, 0.717) is 17.0 Å². The Morgan fingerprint density at radius 3 is 2.76 bits per heavy atom. The number of hydrogen-bond acceptors (Lipinski definition) is 1. The van der Waals surface area contributed by atoms with Crippen LogP contribution in [0.1, 0.15) is 43.8 Å². The Morgan fingerprint density at radius 2 is 2.12 bits per heavy atom. The van der Waals surface area contributed by atoms with E-state index in [9.17, 15) is 9.50 Å². The Labute approximate surface area is 107 Å². The smallest absolute Gasteiger partial charge is 0.130 e. The minimum absolute atomic E-state index is 0.332. The van der Waals surface area contributed by atoms with Crippen LogP contribution >= 0.6 is 11.6 Å². The van der Waals surface area contributed by atoms with Crippen LogP contribution in [0.15, 0.2) is 30.9 Å². The third-order valence-electron chi connectivity index (χ3n) is 2.71. The minimum atomic E-state index is -0.740. The van der Waals surface area contributed by atoms with Crippen molar-refractivity contribution in [2.45, 2.75) is 38.2 Å². The number of unbranched alkanes of at least 4 members (excludes halogenated alkanes) is 3. The Hall–Kier alpha value is -0.860. The van der Waals surface area contributed by atoms with Crippen LogP contribution in [0, 0.1) is 5.82 Å². The SMILES string of the molecule is C=CCCCCCC(O)c1ccc(Cl)cc1F. The molecule has 0 fully saturated rings. The summed E-state index contributed by atoms with van der Waals surface area (Å²) in [6.07, 6.45) is 5.70. The lowest BCUT2D eigenvalue weighted by molar-refractivity contribution is 0.159. The molecule has 0 bridgehead atoms. The molecule has 0 aliphatic carbocycles. The van der Waals surface area contributed by atoms with Gasteiger partial charge >= 0.3 is 0 Å². The molecule has 0 aromatic heterocycles. The van der Waals surface area contributed by atoms with Crippen LogP contribution in [0.5, 0.6) is 0 Å². The standard InChI is InChI=1S/C14H18ClFO/c1-2-3-4-5-6-7-14(17)12-9-8-11(15)10-13(12)16/h2,8-10,14,17H,1,3-7H2. The van der Waals surface area contributed by atoms with E-state index >= 15 is 0 Å². The second-order valence-corrected chi connectivity index (χ2v) is 4.54. The predicted molar refractivity (Wildman–Crippen MR) is 69.7 cm³/mol. The summed E-state index contributed by atoms with van der Waals surface area (Å²) in [5, 5.41) is 10.2. The largest absolute Gasteiger partial charge is 0.388 e. The van der Waals surface area contributed by atoms with Gasteiger partial charge in [0.1, 0.15) is 5.82 Å². The number of rotatable bonds is 7. The van der Waals surface area contributed by atoms with E-state index in [2.05, 4.69) is 6.58 Å². The van der Waals surface area contributed by atoms with Crippen molar-refractivity contribution >= 4 is 11.6 Å². The quantitative estimate of drug-likeness (QED) is 0.556. The molecule has 1 rings (SSSR count). The van der Waals surface area contributed by atoms with Crippen LogP contribution in [0.3, 0.4) is 0 Å². The minimum Gasteiger partial charge on any atom is -0.388 e. The monoisotopic (exact) mass is 256 g/mol. The molecule has 17 heavy (non-hydrogen) atoms. The first-order valence-electron chi connectivity index (χ1n) is 5.89. The first-order valence-corrected chi connectivity index (χ1v) is 6.27. The number of hydrogen-bond donors (Lipinski definition) is 1. The molecule has 1 unspecified atom stereocenters. The van der Waals surface area contributed by atoms with Crippen molar-refractivity contribution in [3.63, 3.8) is 0 Å². The van der Waals surface area contributed by atoms with Crippen LogP contribution in [-0.2, 0) is 0 Å². The van der Waals surface area contributed by atoms with E-state index in [1.165, 1.54) is 6.07 Å². The molecule has 0 saturated carbocycles. The van der Waals surface area contributed by atoms with Crippen LogP contribution < -0.4 is 0 Å². The third kappa shape index (κ3) is 4.88. The van der Waals surface area contributed by atoms with Gasteiger partial charge < -0.3 is 5.11 Å². The predicted octanol–water partition coefficient (Wildman–Crippen LogP) is 4.65. The maximum atomic E-state index is 13.5. The second-order valence-electron chi connectivity index (χ2n) is 4.11. The van der Waals surface area contributed by atoms with Gasteiger partial charge in [0.2, 0.25) is 0 Å². The highest BCUT2D eigenvalue weighted by molar-refractivity contribution is 6.30. The zero-order valence-corrected chi connectivity index (χ0v) is 10.6. The van der Waals surface area contributed by atoms with E-state index in [1.54, 1.807) is 12.1 Å². The first-order chi connectivity index (χ1) is 8.15. The average molecular weight is 257 g/mol. The normalized spacial score (nSPS) is 12.4. The van der Waals surface area contributed by atoms with E-state index in [0.717, 1.165) is 25.7 Å². The van der Waals surface area contributed by atoms with Crippen molar-refractivity contribution in [2.24, 2.45) is 0 Å². The molecule has 1 atom stereocenters. The van der Waals surface area contributed by atoms with E-state index < -0.39 is 11.9 Å². The highest BCUT2D eigenvalue weighted by atomic mass is 35.5. The van der Waals surface area contributed by atoms with Gasteiger partial charge in [0, 0.05) is 10.6 Å². The van der Waals surface area contributed by atoms with Gasteiger partial charge in [-0.05, 0) is 31.4 Å². The van der Waals surface area contributed by atoms with Crippen LogP contribution in [0.2, 0.25) is 5.02 Å². The molecular weight excluding hydrogens is 239 g/mol. The summed E-state index contributed by atoms with van der Waals surface area (Å²) in [4.78, 5) is 0. The highest BCUT2D eigenvalue weighted by Crippen LogP contribution is 2.24. The van der Waals surface area contributed by atoms with Crippen LogP contribution in [0.4, 0.5) is 4.39 Å². The molecule has 0 spiro atoms. The molecule has 1 aromatic carbocycles. The maximum Gasteiger partial charge on any atom is 0.130 e. The Balaban J connectivity index is 2.41.